The van der Waals surface area contributed by atoms with Crippen molar-refractivity contribution in [3.63, 3.8) is 0 Å². The molecule has 0 radical (unpaired) electrons. The summed E-state index contributed by atoms with van der Waals surface area (Å²) in [5, 5.41) is 10.7. The Hall–Kier alpha value is -1.30. The van der Waals surface area contributed by atoms with Crippen molar-refractivity contribution in [2.75, 3.05) is 19.6 Å². The van der Waals surface area contributed by atoms with E-state index in [-0.39, 0.29) is 6.54 Å². The fourth-order valence-corrected chi connectivity index (χ4v) is 1.82. The fourth-order valence-electron chi connectivity index (χ4n) is 1.82. The van der Waals surface area contributed by atoms with Crippen molar-refractivity contribution in [2.24, 2.45) is 5.73 Å². The number of hydrogen-bond acceptors (Lipinski definition) is 3. The lowest BCUT2D eigenvalue weighted by atomic mass is 10.1. The molecule has 1 unspecified atom stereocenters. The van der Waals surface area contributed by atoms with E-state index in [1.54, 1.807) is 0 Å². The van der Waals surface area contributed by atoms with E-state index in [1.165, 1.54) is 0 Å². The molecule has 15 heavy (non-hydrogen) atoms. The molecule has 1 fully saturated rings. The normalized spacial score (nSPS) is 19.5. The Balaban J connectivity index is 2.48. The maximum atomic E-state index is 11.2. The number of carbonyl (C=O) groups excluding carboxylic acids is 1. The summed E-state index contributed by atoms with van der Waals surface area (Å²) in [6, 6.07) is -0.513. The van der Waals surface area contributed by atoms with Crippen LogP contribution in [-0.4, -0.2) is 47.7 Å². The van der Waals surface area contributed by atoms with Crippen LogP contribution in [0.3, 0.4) is 0 Å². The zero-order chi connectivity index (χ0) is 11.3. The van der Waals surface area contributed by atoms with E-state index in [2.05, 4.69) is 5.32 Å². The lowest BCUT2D eigenvalue weighted by molar-refractivity contribution is -0.123. The Bertz CT molecular complexity index is 239. The van der Waals surface area contributed by atoms with Gasteiger partial charge in [0.2, 0.25) is 5.91 Å². The van der Waals surface area contributed by atoms with Gasteiger partial charge in [-0.2, -0.15) is 0 Å². The van der Waals surface area contributed by atoms with E-state index in [9.17, 15) is 9.59 Å². The molecule has 6 heteroatoms. The summed E-state index contributed by atoms with van der Waals surface area (Å²) in [5.74, 6) is -0.467. The third-order valence-electron chi connectivity index (χ3n) is 2.61. The van der Waals surface area contributed by atoms with E-state index in [1.807, 2.05) is 4.90 Å². The van der Waals surface area contributed by atoms with E-state index in [0.717, 1.165) is 32.4 Å². The predicted octanol–water partition coefficient (Wildman–Crippen LogP) is -0.406. The second-order valence-electron chi connectivity index (χ2n) is 3.70. The molecule has 1 atom stereocenters. The van der Waals surface area contributed by atoms with Crippen molar-refractivity contribution in [1.29, 1.82) is 0 Å². The maximum absolute atomic E-state index is 11.2. The zero-order valence-corrected chi connectivity index (χ0v) is 8.61. The number of likely N-dealkylation sites (tertiary alicyclic amines) is 1. The fraction of sp³-hybridized carbons (Fsp3) is 0.778. The summed E-state index contributed by atoms with van der Waals surface area (Å²) >= 11 is 0. The first-order valence-corrected chi connectivity index (χ1v) is 5.11. The number of carboxylic acid groups (broad SMARTS) is 1. The van der Waals surface area contributed by atoms with Gasteiger partial charge in [-0.1, -0.05) is 6.42 Å². The highest BCUT2D eigenvalue weighted by Crippen LogP contribution is 2.11. The second kappa shape index (κ2) is 5.55. The molecule has 0 aromatic heterocycles. The number of nitrogens with one attached hydrogen (secondary N) is 1. The molecule has 1 rings (SSSR count). The van der Waals surface area contributed by atoms with Crippen molar-refractivity contribution in [3.8, 4) is 0 Å². The maximum Gasteiger partial charge on any atom is 0.404 e. The molecule has 1 saturated heterocycles. The van der Waals surface area contributed by atoms with Gasteiger partial charge in [0.05, 0.1) is 0 Å². The van der Waals surface area contributed by atoms with Gasteiger partial charge >= 0.3 is 6.09 Å². The van der Waals surface area contributed by atoms with Crippen LogP contribution >= 0.6 is 0 Å². The minimum Gasteiger partial charge on any atom is -0.465 e. The van der Waals surface area contributed by atoms with Crippen molar-refractivity contribution in [1.82, 2.24) is 10.2 Å². The van der Waals surface area contributed by atoms with Gasteiger partial charge in [0.25, 0.3) is 0 Å². The third-order valence-corrected chi connectivity index (χ3v) is 2.61. The van der Waals surface area contributed by atoms with Crippen LogP contribution in [0.1, 0.15) is 19.3 Å². The minimum atomic E-state index is -1.13. The second-order valence-corrected chi connectivity index (χ2v) is 3.70. The summed E-state index contributed by atoms with van der Waals surface area (Å²) in [7, 11) is 0. The molecule has 0 bridgehead atoms. The van der Waals surface area contributed by atoms with Crippen molar-refractivity contribution in [3.05, 3.63) is 0 Å². The summed E-state index contributed by atoms with van der Waals surface area (Å²) in [5.41, 5.74) is 5.24. The molecule has 1 aliphatic heterocycles. The molecule has 4 N–H and O–H groups in total. The number of rotatable bonds is 4. The largest absolute Gasteiger partial charge is 0.465 e. The highest BCUT2D eigenvalue weighted by molar-refractivity contribution is 5.80. The van der Waals surface area contributed by atoms with E-state index < -0.39 is 18.0 Å². The molecule has 1 aliphatic rings. The molecule has 0 saturated carbocycles. The number of piperidine rings is 1. The van der Waals surface area contributed by atoms with Gasteiger partial charge in [0.15, 0.2) is 0 Å². The molecule has 0 spiro atoms. The third kappa shape index (κ3) is 3.75. The Morgan fingerprint density at radius 2 is 1.93 bits per heavy atom. The highest BCUT2D eigenvalue weighted by Gasteiger charge is 2.25. The summed E-state index contributed by atoms with van der Waals surface area (Å²) in [6.45, 7) is 1.70. The molecular weight excluding hydrogens is 198 g/mol. The summed E-state index contributed by atoms with van der Waals surface area (Å²) in [4.78, 5) is 23.4. The molecular formula is C9H17N3O3. The number of nitrogens with two attached hydrogens (primary N) is 1. The van der Waals surface area contributed by atoms with Crippen LogP contribution in [0.5, 0.6) is 0 Å². The highest BCUT2D eigenvalue weighted by atomic mass is 16.4. The number of amides is 2. The van der Waals surface area contributed by atoms with E-state index in [0.29, 0.717) is 0 Å². The van der Waals surface area contributed by atoms with Gasteiger partial charge in [-0.05, 0) is 25.9 Å². The average molecular weight is 215 g/mol. The van der Waals surface area contributed by atoms with Crippen LogP contribution in [0.15, 0.2) is 0 Å². The Morgan fingerprint density at radius 3 is 2.40 bits per heavy atom. The lowest BCUT2D eigenvalue weighted by Gasteiger charge is -2.32. The molecule has 1 heterocycles. The molecule has 0 aromatic carbocycles. The first kappa shape index (κ1) is 11.8. The van der Waals surface area contributed by atoms with Crippen LogP contribution in [0.25, 0.3) is 0 Å². The van der Waals surface area contributed by atoms with Crippen LogP contribution in [0.4, 0.5) is 4.79 Å². The van der Waals surface area contributed by atoms with E-state index >= 15 is 0 Å². The van der Waals surface area contributed by atoms with Gasteiger partial charge in [0, 0.05) is 6.54 Å². The summed E-state index contributed by atoms with van der Waals surface area (Å²) in [6.07, 6.45) is 2.11. The Labute approximate surface area is 88.4 Å². The number of hydrogen-bond donors (Lipinski definition) is 3. The quantitative estimate of drug-likeness (QED) is 0.594. The number of primary amides is 1. The zero-order valence-electron chi connectivity index (χ0n) is 8.61. The van der Waals surface area contributed by atoms with Crippen LogP contribution < -0.4 is 11.1 Å². The van der Waals surface area contributed by atoms with Crippen LogP contribution in [0.2, 0.25) is 0 Å². The molecule has 0 aliphatic carbocycles. The molecule has 6 nitrogen and oxygen atoms in total. The Kier molecular flexibility index (Phi) is 4.36. The van der Waals surface area contributed by atoms with Gasteiger partial charge in [-0.3, -0.25) is 9.69 Å². The smallest absolute Gasteiger partial charge is 0.404 e. The topological polar surface area (TPSA) is 95.7 Å². The van der Waals surface area contributed by atoms with Crippen LogP contribution in [0, 0.1) is 0 Å². The number of nitrogens with zero attached hydrogens (tertiary/aromatic N) is 1. The van der Waals surface area contributed by atoms with Crippen molar-refractivity contribution < 1.29 is 14.7 Å². The first-order valence-electron chi connectivity index (χ1n) is 5.11. The van der Waals surface area contributed by atoms with Crippen LogP contribution in [-0.2, 0) is 4.79 Å². The Morgan fingerprint density at radius 1 is 1.33 bits per heavy atom. The van der Waals surface area contributed by atoms with Gasteiger partial charge in [-0.25, -0.2) is 4.79 Å². The average Bonchev–Trinajstić information content (AvgIpc) is 2.18. The minimum absolute atomic E-state index is 0.0741. The van der Waals surface area contributed by atoms with Gasteiger partial charge in [0.1, 0.15) is 6.04 Å². The molecule has 2 amide bonds. The molecule has 0 aromatic rings. The molecule has 86 valence electrons. The summed E-state index contributed by atoms with van der Waals surface area (Å²) < 4.78 is 0. The lowest BCUT2D eigenvalue weighted by Crippen LogP contribution is -2.52. The van der Waals surface area contributed by atoms with Crippen molar-refractivity contribution in [2.45, 2.75) is 25.3 Å². The van der Waals surface area contributed by atoms with Crippen molar-refractivity contribution >= 4 is 12.0 Å². The van der Waals surface area contributed by atoms with E-state index in [4.69, 9.17) is 10.8 Å². The monoisotopic (exact) mass is 215 g/mol. The SMILES string of the molecule is NC(=O)C(CNC(=O)O)N1CCCCC1. The standard InChI is InChI=1S/C9H17N3O3/c10-8(13)7(6-11-9(14)15)12-4-2-1-3-5-12/h7,11H,1-6H2,(H2,10,13)(H,14,15). The number of carbonyl (C=O) groups is 2. The predicted molar refractivity (Wildman–Crippen MR) is 54.4 cm³/mol. The first-order chi connectivity index (χ1) is 7.11. The van der Waals surface area contributed by atoms with Gasteiger partial charge in [-0.15, -0.1) is 0 Å². The van der Waals surface area contributed by atoms with Gasteiger partial charge < -0.3 is 16.2 Å².